The largest absolute Gasteiger partial charge is 0.379 e. The lowest BCUT2D eigenvalue weighted by molar-refractivity contribution is -0.121. The van der Waals surface area contributed by atoms with Crippen molar-refractivity contribution in [2.75, 3.05) is 39.9 Å². The monoisotopic (exact) mass is 459 g/mol. The highest BCUT2D eigenvalue weighted by atomic mass is 32.2. The first-order valence-corrected chi connectivity index (χ1v) is 12.5. The third kappa shape index (κ3) is 6.87. The predicted octanol–water partition coefficient (Wildman–Crippen LogP) is 2.41. The van der Waals surface area contributed by atoms with Crippen molar-refractivity contribution >= 4 is 15.9 Å². The Labute approximate surface area is 191 Å². The number of hydrogen-bond donors (Lipinski definition) is 1. The van der Waals surface area contributed by atoms with Crippen LogP contribution in [0.1, 0.15) is 30.0 Å². The SMILES string of the molecule is CCN(C)Cc1cccc(CNC(=O)CCc2ccc(S(=O)(=O)N3CCOCC3)cc2)c1. The number of ether oxygens (including phenoxy) is 1. The molecule has 174 valence electrons. The highest BCUT2D eigenvalue weighted by Gasteiger charge is 2.26. The van der Waals surface area contributed by atoms with E-state index in [1.54, 1.807) is 24.3 Å². The second kappa shape index (κ2) is 11.6. The quantitative estimate of drug-likeness (QED) is 0.590. The summed E-state index contributed by atoms with van der Waals surface area (Å²) >= 11 is 0. The molecule has 0 unspecified atom stereocenters. The number of nitrogens with one attached hydrogen (secondary N) is 1. The zero-order valence-corrected chi connectivity index (χ0v) is 19.7. The molecule has 1 aliphatic rings. The van der Waals surface area contributed by atoms with Crippen molar-refractivity contribution < 1.29 is 17.9 Å². The Morgan fingerprint density at radius 1 is 1.06 bits per heavy atom. The molecular formula is C24H33N3O4S. The molecule has 1 aliphatic heterocycles. The number of sulfonamides is 1. The topological polar surface area (TPSA) is 79.0 Å². The maximum absolute atomic E-state index is 12.7. The third-order valence-corrected chi connectivity index (χ3v) is 7.56. The summed E-state index contributed by atoms with van der Waals surface area (Å²) < 4.78 is 32.1. The Hall–Kier alpha value is -2.26. The molecule has 0 saturated carbocycles. The lowest BCUT2D eigenvalue weighted by Gasteiger charge is -2.26. The van der Waals surface area contributed by atoms with Crippen molar-refractivity contribution in [3.8, 4) is 0 Å². The fourth-order valence-electron chi connectivity index (χ4n) is 3.57. The summed E-state index contributed by atoms with van der Waals surface area (Å²) in [6.07, 6.45) is 0.916. The Kier molecular flexibility index (Phi) is 8.81. The van der Waals surface area contributed by atoms with Crippen LogP contribution in [0.5, 0.6) is 0 Å². The molecule has 0 bridgehead atoms. The molecule has 7 nitrogen and oxygen atoms in total. The molecule has 1 N–H and O–H groups in total. The van der Waals surface area contributed by atoms with Gasteiger partial charge in [0.25, 0.3) is 0 Å². The smallest absolute Gasteiger partial charge is 0.243 e. The molecule has 32 heavy (non-hydrogen) atoms. The van der Waals surface area contributed by atoms with Gasteiger partial charge in [-0.25, -0.2) is 8.42 Å². The van der Waals surface area contributed by atoms with E-state index in [1.165, 1.54) is 9.87 Å². The van der Waals surface area contributed by atoms with Crippen molar-refractivity contribution in [3.05, 3.63) is 65.2 Å². The van der Waals surface area contributed by atoms with Crippen LogP contribution in [-0.4, -0.2) is 63.4 Å². The standard InChI is InChI=1S/C24H33N3O4S/c1-3-26(2)19-22-6-4-5-21(17-22)18-25-24(28)12-9-20-7-10-23(11-8-20)32(29,30)27-13-15-31-16-14-27/h4-8,10-11,17H,3,9,12-16,18-19H2,1-2H3,(H,25,28). The minimum atomic E-state index is -3.49. The summed E-state index contributed by atoms with van der Waals surface area (Å²) in [5.41, 5.74) is 3.25. The average molecular weight is 460 g/mol. The van der Waals surface area contributed by atoms with Gasteiger partial charge in [0, 0.05) is 32.6 Å². The van der Waals surface area contributed by atoms with Crippen LogP contribution in [-0.2, 0) is 39.1 Å². The number of amides is 1. The van der Waals surface area contributed by atoms with Crippen LogP contribution in [0.3, 0.4) is 0 Å². The molecule has 1 heterocycles. The maximum Gasteiger partial charge on any atom is 0.243 e. The van der Waals surface area contributed by atoms with Crippen LogP contribution < -0.4 is 5.32 Å². The number of carbonyl (C=O) groups is 1. The Morgan fingerprint density at radius 2 is 1.75 bits per heavy atom. The highest BCUT2D eigenvalue weighted by molar-refractivity contribution is 7.89. The molecule has 2 aromatic carbocycles. The van der Waals surface area contributed by atoms with Gasteiger partial charge < -0.3 is 15.0 Å². The van der Waals surface area contributed by atoms with E-state index in [0.717, 1.165) is 24.2 Å². The van der Waals surface area contributed by atoms with Crippen molar-refractivity contribution in [1.29, 1.82) is 0 Å². The van der Waals surface area contributed by atoms with Crippen LogP contribution in [0, 0.1) is 0 Å². The number of morpholine rings is 1. The number of benzene rings is 2. The number of rotatable bonds is 10. The van der Waals surface area contributed by atoms with Gasteiger partial charge in [-0.05, 0) is 48.8 Å². The first-order chi connectivity index (χ1) is 15.4. The van der Waals surface area contributed by atoms with E-state index >= 15 is 0 Å². The van der Waals surface area contributed by atoms with Gasteiger partial charge in [-0.2, -0.15) is 4.31 Å². The van der Waals surface area contributed by atoms with Gasteiger partial charge in [-0.1, -0.05) is 43.3 Å². The predicted molar refractivity (Wildman–Crippen MR) is 125 cm³/mol. The minimum Gasteiger partial charge on any atom is -0.379 e. The van der Waals surface area contributed by atoms with Gasteiger partial charge in [0.05, 0.1) is 18.1 Å². The molecule has 0 radical (unpaired) electrons. The number of carbonyl (C=O) groups excluding carboxylic acids is 1. The minimum absolute atomic E-state index is 0.0221. The van der Waals surface area contributed by atoms with E-state index in [4.69, 9.17) is 4.74 Å². The maximum atomic E-state index is 12.7. The van der Waals surface area contributed by atoms with E-state index < -0.39 is 10.0 Å². The third-order valence-electron chi connectivity index (χ3n) is 5.65. The van der Waals surface area contributed by atoms with Crippen molar-refractivity contribution in [1.82, 2.24) is 14.5 Å². The van der Waals surface area contributed by atoms with Crippen LogP contribution in [0.4, 0.5) is 0 Å². The Bertz CT molecular complexity index is 987. The lowest BCUT2D eigenvalue weighted by Crippen LogP contribution is -2.40. The fourth-order valence-corrected chi connectivity index (χ4v) is 4.98. The number of nitrogens with zero attached hydrogens (tertiary/aromatic N) is 2. The second-order valence-corrected chi connectivity index (χ2v) is 10.0. The molecule has 1 fully saturated rings. The first-order valence-electron chi connectivity index (χ1n) is 11.1. The fraction of sp³-hybridized carbons (Fsp3) is 0.458. The van der Waals surface area contributed by atoms with Gasteiger partial charge in [0.1, 0.15) is 0 Å². The van der Waals surface area contributed by atoms with Crippen molar-refractivity contribution in [3.63, 3.8) is 0 Å². The molecule has 0 aliphatic carbocycles. The van der Waals surface area contributed by atoms with Crippen LogP contribution in [0.25, 0.3) is 0 Å². The zero-order valence-electron chi connectivity index (χ0n) is 18.9. The average Bonchev–Trinajstić information content (AvgIpc) is 2.82. The van der Waals surface area contributed by atoms with Crippen molar-refractivity contribution in [2.45, 2.75) is 37.8 Å². The molecule has 0 spiro atoms. The summed E-state index contributed by atoms with van der Waals surface area (Å²) in [7, 11) is -1.41. The summed E-state index contributed by atoms with van der Waals surface area (Å²) in [6.45, 7) is 6.10. The Balaban J connectivity index is 1.47. The molecule has 3 rings (SSSR count). The molecule has 2 aromatic rings. The summed E-state index contributed by atoms with van der Waals surface area (Å²) in [5.74, 6) is -0.0221. The highest BCUT2D eigenvalue weighted by Crippen LogP contribution is 2.18. The zero-order chi connectivity index (χ0) is 23.0. The summed E-state index contributed by atoms with van der Waals surface area (Å²) in [6, 6.07) is 15.1. The molecule has 0 aromatic heterocycles. The van der Waals surface area contributed by atoms with Gasteiger partial charge in [0.2, 0.25) is 15.9 Å². The normalized spacial score (nSPS) is 15.1. The second-order valence-electron chi connectivity index (χ2n) is 8.09. The number of aryl methyl sites for hydroxylation is 1. The van der Waals surface area contributed by atoms with Crippen molar-refractivity contribution in [2.24, 2.45) is 0 Å². The molecule has 0 atom stereocenters. The van der Waals surface area contributed by atoms with Crippen LogP contribution >= 0.6 is 0 Å². The van der Waals surface area contributed by atoms with E-state index in [9.17, 15) is 13.2 Å². The van der Waals surface area contributed by atoms with Gasteiger partial charge in [0.15, 0.2) is 0 Å². The van der Waals surface area contributed by atoms with Crippen LogP contribution in [0.15, 0.2) is 53.4 Å². The summed E-state index contributed by atoms with van der Waals surface area (Å²) in [5, 5.41) is 2.98. The van der Waals surface area contributed by atoms with Gasteiger partial charge in [-0.3, -0.25) is 4.79 Å². The van der Waals surface area contributed by atoms with E-state index in [0.29, 0.717) is 45.7 Å². The summed E-state index contributed by atoms with van der Waals surface area (Å²) in [4.78, 5) is 14.8. The van der Waals surface area contributed by atoms with E-state index in [2.05, 4.69) is 36.3 Å². The molecular weight excluding hydrogens is 426 g/mol. The van der Waals surface area contributed by atoms with Gasteiger partial charge in [-0.15, -0.1) is 0 Å². The molecule has 1 amide bonds. The van der Waals surface area contributed by atoms with E-state index in [-0.39, 0.29) is 10.8 Å². The molecule has 1 saturated heterocycles. The lowest BCUT2D eigenvalue weighted by atomic mass is 10.1. The number of hydrogen-bond acceptors (Lipinski definition) is 5. The molecule has 8 heteroatoms. The van der Waals surface area contributed by atoms with E-state index in [1.807, 2.05) is 12.1 Å². The van der Waals surface area contributed by atoms with Gasteiger partial charge >= 0.3 is 0 Å². The Morgan fingerprint density at radius 3 is 2.44 bits per heavy atom. The first kappa shape index (κ1) is 24.4. The van der Waals surface area contributed by atoms with Crippen LogP contribution in [0.2, 0.25) is 0 Å².